The monoisotopic (exact) mass is 310 g/mol. The molecular formula is C13H15BrN2S. The normalized spacial score (nSPS) is 16.1. The van der Waals surface area contributed by atoms with Crippen molar-refractivity contribution in [2.24, 2.45) is 0 Å². The predicted octanol–water partition coefficient (Wildman–Crippen LogP) is 4.05. The summed E-state index contributed by atoms with van der Waals surface area (Å²) in [7, 11) is 0. The Balaban J connectivity index is 1.93. The van der Waals surface area contributed by atoms with Gasteiger partial charge >= 0.3 is 0 Å². The quantitative estimate of drug-likeness (QED) is 0.792. The molecule has 1 aromatic heterocycles. The van der Waals surface area contributed by atoms with Crippen molar-refractivity contribution in [3.63, 3.8) is 0 Å². The van der Waals surface area contributed by atoms with Crippen LogP contribution in [0, 0.1) is 0 Å². The van der Waals surface area contributed by atoms with E-state index < -0.39 is 0 Å². The maximum Gasteiger partial charge on any atom is 0.186 e. The van der Waals surface area contributed by atoms with Gasteiger partial charge in [0.25, 0.3) is 0 Å². The highest BCUT2D eigenvalue weighted by molar-refractivity contribution is 9.09. The van der Waals surface area contributed by atoms with Crippen molar-refractivity contribution in [3.8, 4) is 0 Å². The summed E-state index contributed by atoms with van der Waals surface area (Å²) in [5.41, 5.74) is 1.13. The molecule has 0 saturated heterocycles. The van der Waals surface area contributed by atoms with Gasteiger partial charge in [-0.25, -0.2) is 4.98 Å². The molecule has 0 radical (unpaired) electrons. The fourth-order valence-electron chi connectivity index (χ4n) is 2.21. The van der Waals surface area contributed by atoms with E-state index in [9.17, 15) is 0 Å². The number of halogens is 1. The Kier molecular flexibility index (Phi) is 3.34. The lowest BCUT2D eigenvalue weighted by atomic mass is 9.92. The van der Waals surface area contributed by atoms with Crippen LogP contribution in [0.2, 0.25) is 0 Å². The van der Waals surface area contributed by atoms with Crippen LogP contribution in [0.15, 0.2) is 24.3 Å². The SMILES string of the molecule is BrCCN(c1nc2ccccc2s1)C1CCC1. The summed E-state index contributed by atoms with van der Waals surface area (Å²) in [6, 6.07) is 9.12. The number of rotatable bonds is 4. The van der Waals surface area contributed by atoms with Crippen LogP contribution in [0.1, 0.15) is 19.3 Å². The van der Waals surface area contributed by atoms with Gasteiger partial charge in [-0.15, -0.1) is 0 Å². The van der Waals surface area contributed by atoms with Crippen molar-refractivity contribution in [2.75, 3.05) is 16.8 Å². The van der Waals surface area contributed by atoms with Gasteiger partial charge in [-0.1, -0.05) is 39.4 Å². The van der Waals surface area contributed by atoms with E-state index in [0.717, 1.165) is 17.4 Å². The Bertz CT molecular complexity index is 474. The van der Waals surface area contributed by atoms with Gasteiger partial charge in [0.05, 0.1) is 10.2 Å². The van der Waals surface area contributed by atoms with Crippen LogP contribution in [-0.4, -0.2) is 22.9 Å². The highest BCUT2D eigenvalue weighted by atomic mass is 79.9. The molecule has 17 heavy (non-hydrogen) atoms. The third-order valence-electron chi connectivity index (χ3n) is 3.37. The molecule has 0 aliphatic heterocycles. The summed E-state index contributed by atoms with van der Waals surface area (Å²) in [5, 5.41) is 2.20. The second kappa shape index (κ2) is 4.94. The number of alkyl halides is 1. The Morgan fingerprint density at radius 1 is 1.35 bits per heavy atom. The molecular weight excluding hydrogens is 296 g/mol. The van der Waals surface area contributed by atoms with Crippen LogP contribution in [0.5, 0.6) is 0 Å². The van der Waals surface area contributed by atoms with Crippen molar-refractivity contribution in [1.82, 2.24) is 4.98 Å². The molecule has 0 spiro atoms. The number of anilines is 1. The minimum absolute atomic E-state index is 0.716. The summed E-state index contributed by atoms with van der Waals surface area (Å²) in [5.74, 6) is 0. The van der Waals surface area contributed by atoms with Crippen LogP contribution in [-0.2, 0) is 0 Å². The third kappa shape index (κ3) is 2.20. The zero-order valence-electron chi connectivity index (χ0n) is 9.60. The van der Waals surface area contributed by atoms with Gasteiger partial charge in [0, 0.05) is 17.9 Å². The number of benzene rings is 1. The first kappa shape index (κ1) is 11.5. The molecule has 0 unspecified atom stereocenters. The molecule has 3 rings (SSSR count). The zero-order valence-corrected chi connectivity index (χ0v) is 12.0. The van der Waals surface area contributed by atoms with E-state index >= 15 is 0 Å². The summed E-state index contributed by atoms with van der Waals surface area (Å²) < 4.78 is 1.29. The molecule has 0 amide bonds. The summed E-state index contributed by atoms with van der Waals surface area (Å²) in [6.07, 6.45) is 4.01. The topological polar surface area (TPSA) is 16.1 Å². The number of thiazole rings is 1. The Hall–Kier alpha value is -0.610. The predicted molar refractivity (Wildman–Crippen MR) is 78.4 cm³/mol. The Labute approximate surface area is 114 Å². The minimum atomic E-state index is 0.716. The highest BCUT2D eigenvalue weighted by Gasteiger charge is 2.26. The smallest absolute Gasteiger partial charge is 0.186 e. The van der Waals surface area contributed by atoms with Crippen LogP contribution >= 0.6 is 27.3 Å². The van der Waals surface area contributed by atoms with E-state index in [1.54, 1.807) is 0 Å². The van der Waals surface area contributed by atoms with Gasteiger partial charge in [0.2, 0.25) is 0 Å². The molecule has 1 heterocycles. The standard InChI is InChI=1S/C13H15BrN2S/c14-8-9-16(10-4-3-5-10)13-15-11-6-1-2-7-12(11)17-13/h1-2,6-7,10H,3-5,8-9H2. The van der Waals surface area contributed by atoms with E-state index in [-0.39, 0.29) is 0 Å². The average Bonchev–Trinajstić information content (AvgIpc) is 2.69. The lowest BCUT2D eigenvalue weighted by Gasteiger charge is -2.37. The third-order valence-corrected chi connectivity index (χ3v) is 4.80. The van der Waals surface area contributed by atoms with Crippen LogP contribution in [0.25, 0.3) is 10.2 Å². The number of fused-ring (bicyclic) bond motifs is 1. The molecule has 2 aromatic rings. The van der Waals surface area contributed by atoms with Gasteiger partial charge in [-0.3, -0.25) is 0 Å². The van der Waals surface area contributed by atoms with Crippen molar-refractivity contribution < 1.29 is 0 Å². The second-order valence-electron chi connectivity index (χ2n) is 4.43. The molecule has 1 fully saturated rings. The number of hydrogen-bond donors (Lipinski definition) is 0. The molecule has 90 valence electrons. The fraction of sp³-hybridized carbons (Fsp3) is 0.462. The zero-order chi connectivity index (χ0) is 11.7. The van der Waals surface area contributed by atoms with Gasteiger partial charge in [-0.2, -0.15) is 0 Å². The maximum atomic E-state index is 4.76. The average molecular weight is 311 g/mol. The first-order valence-electron chi connectivity index (χ1n) is 6.06. The van der Waals surface area contributed by atoms with E-state index in [2.05, 4.69) is 45.1 Å². The maximum absolute atomic E-state index is 4.76. The molecule has 1 aliphatic rings. The van der Waals surface area contributed by atoms with E-state index in [1.165, 1.54) is 29.1 Å². The van der Waals surface area contributed by atoms with Crippen molar-refractivity contribution in [2.45, 2.75) is 25.3 Å². The minimum Gasteiger partial charge on any atom is -0.344 e. The van der Waals surface area contributed by atoms with Crippen molar-refractivity contribution in [1.29, 1.82) is 0 Å². The van der Waals surface area contributed by atoms with Crippen LogP contribution in [0.4, 0.5) is 5.13 Å². The first-order chi connectivity index (χ1) is 8.38. The molecule has 1 saturated carbocycles. The number of hydrogen-bond acceptors (Lipinski definition) is 3. The van der Waals surface area contributed by atoms with Gasteiger partial charge in [0.1, 0.15) is 0 Å². The number of nitrogens with zero attached hydrogens (tertiary/aromatic N) is 2. The lowest BCUT2D eigenvalue weighted by Crippen LogP contribution is -2.41. The Morgan fingerprint density at radius 3 is 2.82 bits per heavy atom. The Morgan fingerprint density at radius 2 is 2.18 bits per heavy atom. The number of para-hydroxylation sites is 1. The van der Waals surface area contributed by atoms with Crippen molar-refractivity contribution >= 4 is 42.6 Å². The van der Waals surface area contributed by atoms with Crippen LogP contribution in [0.3, 0.4) is 0 Å². The first-order valence-corrected chi connectivity index (χ1v) is 8.00. The fourth-order valence-corrected chi connectivity index (χ4v) is 3.65. The molecule has 1 aliphatic carbocycles. The molecule has 0 N–H and O–H groups in total. The lowest BCUT2D eigenvalue weighted by molar-refractivity contribution is 0.391. The largest absolute Gasteiger partial charge is 0.344 e. The van der Waals surface area contributed by atoms with Gasteiger partial charge in [-0.05, 0) is 31.4 Å². The molecule has 0 bridgehead atoms. The summed E-state index contributed by atoms with van der Waals surface area (Å²) in [6.45, 7) is 1.06. The summed E-state index contributed by atoms with van der Waals surface area (Å²) in [4.78, 5) is 7.23. The molecule has 0 atom stereocenters. The van der Waals surface area contributed by atoms with E-state index in [4.69, 9.17) is 4.98 Å². The van der Waals surface area contributed by atoms with Crippen LogP contribution < -0.4 is 4.90 Å². The number of aromatic nitrogens is 1. The highest BCUT2D eigenvalue weighted by Crippen LogP contribution is 2.34. The summed E-state index contributed by atoms with van der Waals surface area (Å²) >= 11 is 5.36. The molecule has 1 aromatic carbocycles. The molecule has 4 heteroatoms. The van der Waals surface area contributed by atoms with E-state index in [1.807, 2.05) is 11.3 Å². The second-order valence-corrected chi connectivity index (χ2v) is 6.23. The van der Waals surface area contributed by atoms with Crippen molar-refractivity contribution in [3.05, 3.63) is 24.3 Å². The van der Waals surface area contributed by atoms with Gasteiger partial charge < -0.3 is 4.90 Å². The molecule has 2 nitrogen and oxygen atoms in total. The van der Waals surface area contributed by atoms with Gasteiger partial charge in [0.15, 0.2) is 5.13 Å². The van der Waals surface area contributed by atoms with E-state index in [0.29, 0.717) is 6.04 Å².